The molecule has 0 aromatic rings. The number of rotatable bonds is 75. The normalized spacial score (nSPS) is 14.3. The summed E-state index contributed by atoms with van der Waals surface area (Å²) in [6.45, 7) is 9.56. The molecule has 0 saturated heterocycles. The van der Waals surface area contributed by atoms with Gasteiger partial charge in [-0.2, -0.15) is 0 Å². The van der Waals surface area contributed by atoms with E-state index in [4.69, 9.17) is 37.0 Å². The Labute approximate surface area is 581 Å². The molecule has 0 saturated carbocycles. The van der Waals surface area contributed by atoms with Crippen LogP contribution in [0.15, 0.2) is 0 Å². The van der Waals surface area contributed by atoms with E-state index >= 15 is 0 Å². The summed E-state index contributed by atoms with van der Waals surface area (Å²) in [6.07, 6.45) is 55.6. The number of hydrogen-bond acceptors (Lipinski definition) is 15. The molecule has 95 heavy (non-hydrogen) atoms. The molecule has 0 radical (unpaired) electrons. The molecule has 0 spiro atoms. The van der Waals surface area contributed by atoms with Crippen LogP contribution >= 0.6 is 15.6 Å². The van der Waals surface area contributed by atoms with Crippen LogP contribution in [0.25, 0.3) is 0 Å². The van der Waals surface area contributed by atoms with Gasteiger partial charge < -0.3 is 33.8 Å². The third-order valence-corrected chi connectivity index (χ3v) is 20.0. The van der Waals surface area contributed by atoms with Gasteiger partial charge in [0, 0.05) is 25.7 Å². The summed E-state index contributed by atoms with van der Waals surface area (Å²) in [5.41, 5.74) is 0. The number of aliphatic hydroxyl groups excluding tert-OH is 1. The lowest BCUT2D eigenvalue weighted by atomic mass is 10.00. The van der Waals surface area contributed by atoms with Gasteiger partial charge in [-0.25, -0.2) is 9.13 Å². The largest absolute Gasteiger partial charge is 0.472 e. The molecule has 6 atom stereocenters. The molecule has 0 bridgehead atoms. The molecule has 564 valence electrons. The first-order valence-electron chi connectivity index (χ1n) is 39.5. The lowest BCUT2D eigenvalue weighted by Gasteiger charge is -2.21. The van der Waals surface area contributed by atoms with E-state index in [9.17, 15) is 43.2 Å². The summed E-state index contributed by atoms with van der Waals surface area (Å²) in [7, 11) is -9.91. The van der Waals surface area contributed by atoms with E-state index in [1.165, 1.54) is 212 Å². The fourth-order valence-electron chi connectivity index (χ4n) is 11.6. The van der Waals surface area contributed by atoms with Gasteiger partial charge in [-0.3, -0.25) is 37.3 Å². The molecule has 0 aliphatic carbocycles. The molecule has 0 aromatic carbocycles. The number of phosphoric ester groups is 2. The van der Waals surface area contributed by atoms with E-state index in [0.717, 1.165) is 102 Å². The topological polar surface area (TPSA) is 237 Å². The number of aliphatic hydroxyl groups is 1. The van der Waals surface area contributed by atoms with Crippen LogP contribution in [0.2, 0.25) is 0 Å². The first kappa shape index (κ1) is 93.1. The zero-order chi connectivity index (χ0) is 70.0. The number of hydrogen-bond donors (Lipinski definition) is 3. The molecule has 3 N–H and O–H groups in total. The predicted octanol–water partition coefficient (Wildman–Crippen LogP) is 22.3. The SMILES string of the molecule is CCCCCCCCCCCCCCCCCCCCCC(=O)O[C@H](COC(=O)CCCCCCCCCCCCCCCC(C)C)COP(=O)(O)OC[C@@H](O)COP(=O)(O)OC[C@@H](COC(=O)CCCCCCCCCCCC)OC(=O)CCCCCCCCC(C)CC. The molecule has 17 nitrogen and oxygen atoms in total. The van der Waals surface area contributed by atoms with Gasteiger partial charge >= 0.3 is 39.5 Å². The molecule has 0 aromatic heterocycles. The van der Waals surface area contributed by atoms with Crippen molar-refractivity contribution >= 4 is 39.5 Å². The number of ether oxygens (including phenoxy) is 4. The quantitative estimate of drug-likeness (QED) is 0.0222. The Balaban J connectivity index is 5.22. The molecule has 19 heteroatoms. The molecule has 0 aliphatic heterocycles. The number of unbranched alkanes of at least 4 members (excludes halogenated alkanes) is 44. The third-order valence-electron chi connectivity index (χ3n) is 18.1. The standard InChI is InChI=1S/C76H148O17P2/c1-7-10-12-14-16-18-20-21-22-23-24-25-26-29-33-37-41-48-54-60-75(80)92-71(64-86-74(79)59-53-47-40-36-32-30-27-28-31-34-38-44-50-56-68(4)5)66-90-94(82,83)88-62-70(77)63-89-95(84,85)91-67-72(93-76(81)61-55-49-43-42-45-51-57-69(6)9-3)65-87-73(78)58-52-46-39-35-19-17-15-13-11-8-2/h68-72,77H,7-67H2,1-6H3,(H,82,83)(H,84,85)/t69?,70-,71-,72-/m1/s1. The zero-order valence-corrected chi connectivity index (χ0v) is 63.8. The van der Waals surface area contributed by atoms with Crippen LogP contribution in [0.4, 0.5) is 0 Å². The summed E-state index contributed by atoms with van der Waals surface area (Å²) >= 11 is 0. The minimum Gasteiger partial charge on any atom is -0.462 e. The Bertz CT molecular complexity index is 1840. The molecular formula is C76H148O17P2. The monoisotopic (exact) mass is 1400 g/mol. The third kappa shape index (κ3) is 69.0. The fourth-order valence-corrected chi connectivity index (χ4v) is 13.2. The smallest absolute Gasteiger partial charge is 0.462 e. The Kier molecular flexibility index (Phi) is 66.5. The minimum absolute atomic E-state index is 0.103. The first-order chi connectivity index (χ1) is 45.9. The number of phosphoric acid groups is 2. The first-order valence-corrected chi connectivity index (χ1v) is 42.5. The van der Waals surface area contributed by atoms with E-state index in [1.54, 1.807) is 0 Å². The average molecular weight is 1400 g/mol. The van der Waals surface area contributed by atoms with E-state index in [0.29, 0.717) is 25.7 Å². The molecule has 0 heterocycles. The van der Waals surface area contributed by atoms with E-state index in [2.05, 4.69) is 41.5 Å². The fraction of sp³-hybridized carbons (Fsp3) is 0.947. The molecule has 0 rings (SSSR count). The Morgan fingerprint density at radius 2 is 0.537 bits per heavy atom. The second kappa shape index (κ2) is 67.9. The van der Waals surface area contributed by atoms with Gasteiger partial charge in [0.2, 0.25) is 0 Å². The van der Waals surface area contributed by atoms with Crippen molar-refractivity contribution in [1.82, 2.24) is 0 Å². The zero-order valence-electron chi connectivity index (χ0n) is 62.0. The molecule has 0 aliphatic rings. The van der Waals surface area contributed by atoms with Crippen molar-refractivity contribution in [3.63, 3.8) is 0 Å². The molecule has 0 fully saturated rings. The van der Waals surface area contributed by atoms with E-state index in [-0.39, 0.29) is 25.7 Å². The number of carbonyl (C=O) groups excluding carboxylic acids is 4. The van der Waals surface area contributed by atoms with Crippen molar-refractivity contribution in [2.24, 2.45) is 11.8 Å². The highest BCUT2D eigenvalue weighted by molar-refractivity contribution is 7.47. The maximum Gasteiger partial charge on any atom is 0.472 e. The van der Waals surface area contributed by atoms with Crippen molar-refractivity contribution in [1.29, 1.82) is 0 Å². The van der Waals surface area contributed by atoms with Crippen LogP contribution in [0.1, 0.15) is 395 Å². The Hall–Kier alpha value is -1.94. The predicted molar refractivity (Wildman–Crippen MR) is 386 cm³/mol. The Morgan fingerprint density at radius 3 is 0.800 bits per heavy atom. The highest BCUT2D eigenvalue weighted by Gasteiger charge is 2.30. The van der Waals surface area contributed by atoms with Crippen LogP contribution in [-0.2, 0) is 65.4 Å². The van der Waals surface area contributed by atoms with Crippen LogP contribution in [0, 0.1) is 11.8 Å². The second-order valence-corrected chi connectivity index (χ2v) is 31.0. The van der Waals surface area contributed by atoms with Crippen LogP contribution in [0.3, 0.4) is 0 Å². The Morgan fingerprint density at radius 1 is 0.305 bits per heavy atom. The van der Waals surface area contributed by atoms with Crippen molar-refractivity contribution < 1.29 is 80.2 Å². The lowest BCUT2D eigenvalue weighted by Crippen LogP contribution is -2.30. The highest BCUT2D eigenvalue weighted by Crippen LogP contribution is 2.45. The van der Waals surface area contributed by atoms with Crippen LogP contribution in [0.5, 0.6) is 0 Å². The number of esters is 4. The van der Waals surface area contributed by atoms with Gasteiger partial charge in [-0.15, -0.1) is 0 Å². The maximum absolute atomic E-state index is 13.1. The van der Waals surface area contributed by atoms with E-state index in [1.807, 2.05) is 0 Å². The van der Waals surface area contributed by atoms with Gasteiger partial charge in [-0.1, -0.05) is 343 Å². The van der Waals surface area contributed by atoms with E-state index < -0.39 is 97.5 Å². The molecule has 0 amide bonds. The lowest BCUT2D eigenvalue weighted by molar-refractivity contribution is -0.161. The summed E-state index contributed by atoms with van der Waals surface area (Å²) < 4.78 is 68.5. The highest BCUT2D eigenvalue weighted by atomic mass is 31.2. The van der Waals surface area contributed by atoms with Gasteiger partial charge in [-0.05, 0) is 37.5 Å². The summed E-state index contributed by atoms with van der Waals surface area (Å²) in [5.74, 6) is -0.607. The minimum atomic E-state index is -4.96. The summed E-state index contributed by atoms with van der Waals surface area (Å²) in [4.78, 5) is 72.7. The average Bonchev–Trinajstić information content (AvgIpc) is 1.86. The van der Waals surface area contributed by atoms with Gasteiger partial charge in [0.15, 0.2) is 12.2 Å². The van der Waals surface area contributed by atoms with Crippen molar-refractivity contribution in [2.75, 3.05) is 39.6 Å². The van der Waals surface area contributed by atoms with Crippen molar-refractivity contribution in [3.05, 3.63) is 0 Å². The van der Waals surface area contributed by atoms with Crippen molar-refractivity contribution in [2.45, 2.75) is 413 Å². The number of carbonyl (C=O) groups is 4. The van der Waals surface area contributed by atoms with Gasteiger partial charge in [0.1, 0.15) is 19.3 Å². The van der Waals surface area contributed by atoms with Crippen molar-refractivity contribution in [3.8, 4) is 0 Å². The second-order valence-electron chi connectivity index (χ2n) is 28.1. The molecular weight excluding hydrogens is 1250 g/mol. The summed E-state index contributed by atoms with van der Waals surface area (Å²) in [5, 5.41) is 10.6. The van der Waals surface area contributed by atoms with Crippen LogP contribution < -0.4 is 0 Å². The summed E-state index contributed by atoms with van der Waals surface area (Å²) in [6, 6.07) is 0. The van der Waals surface area contributed by atoms with Crippen LogP contribution in [-0.4, -0.2) is 96.7 Å². The van der Waals surface area contributed by atoms with Gasteiger partial charge in [0.05, 0.1) is 26.4 Å². The van der Waals surface area contributed by atoms with Gasteiger partial charge in [0.25, 0.3) is 0 Å². The molecule has 3 unspecified atom stereocenters. The maximum atomic E-state index is 13.1.